The summed E-state index contributed by atoms with van der Waals surface area (Å²) < 4.78 is 20.0. The van der Waals surface area contributed by atoms with Crippen molar-refractivity contribution in [1.29, 1.82) is 0 Å². The zero-order chi connectivity index (χ0) is 22.5. The van der Waals surface area contributed by atoms with Crippen molar-refractivity contribution in [3.8, 4) is 5.75 Å². The summed E-state index contributed by atoms with van der Waals surface area (Å²) in [6.07, 6.45) is 0.698. The summed E-state index contributed by atoms with van der Waals surface area (Å²) in [6.45, 7) is 0.638. The lowest BCUT2D eigenvalue weighted by atomic mass is 9.59. The third-order valence-corrected chi connectivity index (χ3v) is 7.06. The molecule has 3 aromatic carbocycles. The van der Waals surface area contributed by atoms with Crippen LogP contribution in [0.25, 0.3) is 0 Å². The number of carbonyl (C=O) groups excluding carboxylic acids is 1. The molecule has 5 rings (SSSR count). The van der Waals surface area contributed by atoms with Crippen LogP contribution in [0.15, 0.2) is 60.7 Å². The van der Waals surface area contributed by atoms with Gasteiger partial charge in [0.15, 0.2) is 0 Å². The molecule has 0 aromatic heterocycles. The van der Waals surface area contributed by atoms with Crippen LogP contribution < -0.4 is 15.4 Å². The fourth-order valence-corrected chi connectivity index (χ4v) is 5.73. The number of methoxy groups -OCH3 is 1. The van der Waals surface area contributed by atoms with Crippen LogP contribution in [0, 0.1) is 5.82 Å². The number of hydrogen-bond acceptors (Lipinski definition) is 3. The number of fused-ring (bicyclic) bond motifs is 2. The molecule has 3 unspecified atom stereocenters. The van der Waals surface area contributed by atoms with Gasteiger partial charge in [0.2, 0.25) is 5.91 Å². The number of ether oxygens (including phenoxy) is 1. The van der Waals surface area contributed by atoms with Gasteiger partial charge in [-0.1, -0.05) is 41.4 Å². The number of amides is 1. The molecule has 1 saturated heterocycles. The van der Waals surface area contributed by atoms with Crippen LogP contribution in [0.4, 0.5) is 10.1 Å². The third-order valence-electron chi connectivity index (χ3n) is 6.59. The normalized spacial score (nSPS) is 24.3. The summed E-state index contributed by atoms with van der Waals surface area (Å²) in [7, 11) is 1.54. The SMILES string of the molecule is COc1ccc(F)cc1C1NCCC(c2cccc(Cl)c2)C12C(=O)Nc1cc(Cl)ccc12. The summed E-state index contributed by atoms with van der Waals surface area (Å²) in [5.41, 5.74) is 1.98. The van der Waals surface area contributed by atoms with Gasteiger partial charge in [-0.2, -0.15) is 0 Å². The van der Waals surface area contributed by atoms with Gasteiger partial charge in [0, 0.05) is 27.2 Å². The number of benzene rings is 3. The molecule has 3 atom stereocenters. The standard InChI is InChI=1S/C25H21Cl2FN2O2/c1-32-22-8-6-17(28)13-18(22)23-25(20-7-5-16(27)12-21(20)30-24(25)31)19(9-10-29-23)14-3-2-4-15(26)11-14/h2-8,11-13,19,23,29H,9-10H2,1H3,(H,30,31). The number of hydrogen-bond donors (Lipinski definition) is 2. The molecule has 1 spiro atoms. The maximum atomic E-state index is 14.4. The molecule has 3 aromatic rings. The Balaban J connectivity index is 1.80. The van der Waals surface area contributed by atoms with Crippen LogP contribution in [0.5, 0.6) is 5.75 Å². The molecule has 0 bridgehead atoms. The van der Waals surface area contributed by atoms with E-state index in [1.54, 1.807) is 25.3 Å². The monoisotopic (exact) mass is 470 g/mol. The number of carbonyl (C=O) groups is 1. The minimum Gasteiger partial charge on any atom is -0.496 e. The predicted molar refractivity (Wildman–Crippen MR) is 124 cm³/mol. The molecule has 2 heterocycles. The maximum absolute atomic E-state index is 14.4. The molecule has 0 radical (unpaired) electrons. The zero-order valence-electron chi connectivity index (χ0n) is 17.3. The highest BCUT2D eigenvalue weighted by atomic mass is 35.5. The number of nitrogens with one attached hydrogen (secondary N) is 2. The summed E-state index contributed by atoms with van der Waals surface area (Å²) in [4.78, 5) is 13.9. The molecule has 7 heteroatoms. The number of anilines is 1. The van der Waals surface area contributed by atoms with Crippen LogP contribution in [0.1, 0.15) is 35.1 Å². The van der Waals surface area contributed by atoms with E-state index in [1.807, 2.05) is 30.3 Å². The van der Waals surface area contributed by atoms with E-state index in [0.717, 1.165) is 11.1 Å². The van der Waals surface area contributed by atoms with Crippen molar-refractivity contribution in [3.05, 3.63) is 93.2 Å². The van der Waals surface area contributed by atoms with Crippen LogP contribution in [0.2, 0.25) is 10.0 Å². The van der Waals surface area contributed by atoms with E-state index >= 15 is 0 Å². The maximum Gasteiger partial charge on any atom is 0.237 e. The fraction of sp³-hybridized carbons (Fsp3) is 0.240. The van der Waals surface area contributed by atoms with Crippen molar-refractivity contribution in [2.24, 2.45) is 0 Å². The molecule has 0 saturated carbocycles. The van der Waals surface area contributed by atoms with E-state index in [-0.39, 0.29) is 11.8 Å². The van der Waals surface area contributed by atoms with Gasteiger partial charge in [-0.3, -0.25) is 4.79 Å². The molecule has 32 heavy (non-hydrogen) atoms. The Kier molecular flexibility index (Phi) is 5.36. The number of rotatable bonds is 3. The first kappa shape index (κ1) is 21.3. The smallest absolute Gasteiger partial charge is 0.237 e. The quantitative estimate of drug-likeness (QED) is 0.504. The zero-order valence-corrected chi connectivity index (χ0v) is 18.8. The highest BCUT2D eigenvalue weighted by molar-refractivity contribution is 6.31. The van der Waals surface area contributed by atoms with E-state index in [0.29, 0.717) is 40.0 Å². The lowest BCUT2D eigenvalue weighted by Gasteiger charge is -2.47. The first-order valence-electron chi connectivity index (χ1n) is 10.4. The molecule has 4 nitrogen and oxygen atoms in total. The lowest BCUT2D eigenvalue weighted by Crippen LogP contribution is -2.55. The first-order valence-corrected chi connectivity index (χ1v) is 11.1. The van der Waals surface area contributed by atoms with Crippen LogP contribution in [-0.2, 0) is 10.2 Å². The molecule has 0 aliphatic carbocycles. The van der Waals surface area contributed by atoms with Crippen molar-refractivity contribution < 1.29 is 13.9 Å². The van der Waals surface area contributed by atoms with Crippen LogP contribution in [-0.4, -0.2) is 19.6 Å². The Hall–Kier alpha value is -2.60. The minimum atomic E-state index is -1.05. The Bertz CT molecular complexity index is 1220. The van der Waals surface area contributed by atoms with Gasteiger partial charge in [-0.15, -0.1) is 0 Å². The van der Waals surface area contributed by atoms with Crippen molar-refractivity contribution >= 4 is 34.8 Å². The molecule has 2 aliphatic rings. The Labute approximate surface area is 195 Å². The van der Waals surface area contributed by atoms with Crippen molar-refractivity contribution in [3.63, 3.8) is 0 Å². The Morgan fingerprint density at radius 3 is 2.66 bits per heavy atom. The molecule has 1 amide bonds. The lowest BCUT2D eigenvalue weighted by molar-refractivity contribution is -0.123. The summed E-state index contributed by atoms with van der Waals surface area (Å²) >= 11 is 12.6. The van der Waals surface area contributed by atoms with E-state index in [2.05, 4.69) is 10.6 Å². The second kappa shape index (κ2) is 8.07. The fourth-order valence-electron chi connectivity index (χ4n) is 5.36. The van der Waals surface area contributed by atoms with Gasteiger partial charge in [0.25, 0.3) is 0 Å². The van der Waals surface area contributed by atoms with Crippen molar-refractivity contribution in [2.45, 2.75) is 23.8 Å². The van der Waals surface area contributed by atoms with Gasteiger partial charge < -0.3 is 15.4 Å². The van der Waals surface area contributed by atoms with Gasteiger partial charge >= 0.3 is 0 Å². The number of piperidine rings is 1. The minimum absolute atomic E-state index is 0.164. The summed E-state index contributed by atoms with van der Waals surface area (Å²) in [6, 6.07) is 16.9. The molecule has 2 aliphatic heterocycles. The van der Waals surface area contributed by atoms with E-state index < -0.39 is 17.3 Å². The molecule has 164 valence electrons. The third kappa shape index (κ3) is 3.19. The predicted octanol–water partition coefficient (Wildman–Crippen LogP) is 5.85. The second-order valence-corrected chi connectivity index (χ2v) is 9.06. The Morgan fingerprint density at radius 1 is 1.06 bits per heavy atom. The van der Waals surface area contributed by atoms with Gasteiger partial charge in [-0.25, -0.2) is 4.39 Å². The average Bonchev–Trinajstić information content (AvgIpc) is 3.05. The first-order chi connectivity index (χ1) is 15.4. The largest absolute Gasteiger partial charge is 0.496 e. The highest BCUT2D eigenvalue weighted by Crippen LogP contribution is 2.58. The summed E-state index contributed by atoms with van der Waals surface area (Å²) in [5, 5.41) is 7.67. The number of halogens is 3. The highest BCUT2D eigenvalue weighted by Gasteiger charge is 2.60. The van der Waals surface area contributed by atoms with E-state index in [4.69, 9.17) is 27.9 Å². The van der Waals surface area contributed by atoms with Gasteiger partial charge in [-0.05, 0) is 66.6 Å². The topological polar surface area (TPSA) is 50.4 Å². The van der Waals surface area contributed by atoms with Crippen molar-refractivity contribution in [1.82, 2.24) is 5.32 Å². The summed E-state index contributed by atoms with van der Waals surface area (Å²) in [5.74, 6) is -0.242. The van der Waals surface area contributed by atoms with Gasteiger partial charge in [0.1, 0.15) is 17.0 Å². The second-order valence-electron chi connectivity index (χ2n) is 8.18. The van der Waals surface area contributed by atoms with Crippen LogP contribution in [0.3, 0.4) is 0 Å². The van der Waals surface area contributed by atoms with E-state index in [1.165, 1.54) is 12.1 Å². The molecular weight excluding hydrogens is 450 g/mol. The van der Waals surface area contributed by atoms with Crippen molar-refractivity contribution in [2.75, 3.05) is 19.0 Å². The van der Waals surface area contributed by atoms with Gasteiger partial charge in [0.05, 0.1) is 13.2 Å². The molecular formula is C25H21Cl2FN2O2. The molecule has 2 N–H and O–H groups in total. The molecule has 1 fully saturated rings. The Morgan fingerprint density at radius 2 is 1.88 bits per heavy atom. The average molecular weight is 471 g/mol. The van der Waals surface area contributed by atoms with Crippen LogP contribution >= 0.6 is 23.2 Å². The van der Waals surface area contributed by atoms with E-state index in [9.17, 15) is 9.18 Å².